The van der Waals surface area contributed by atoms with Crippen molar-refractivity contribution in [2.75, 3.05) is 0 Å². The zero-order chi connectivity index (χ0) is 13.9. The molecular formula is C15H14BrN3S. The summed E-state index contributed by atoms with van der Waals surface area (Å²) in [6, 6.07) is 12.5. The van der Waals surface area contributed by atoms with Crippen LogP contribution in [0.3, 0.4) is 0 Å². The third-order valence-electron chi connectivity index (χ3n) is 3.26. The van der Waals surface area contributed by atoms with Gasteiger partial charge in [0.15, 0.2) is 0 Å². The smallest absolute Gasteiger partial charge is 0.0702 e. The van der Waals surface area contributed by atoms with E-state index < -0.39 is 0 Å². The predicted octanol–water partition coefficient (Wildman–Crippen LogP) is 3.81. The molecular weight excluding hydrogens is 334 g/mol. The molecule has 1 atom stereocenters. The number of nitrogens with zero attached hydrogens (tertiary/aromatic N) is 1. The zero-order valence-corrected chi connectivity index (χ0v) is 13.1. The van der Waals surface area contributed by atoms with Gasteiger partial charge in [-0.25, -0.2) is 0 Å². The highest BCUT2D eigenvalue weighted by Gasteiger charge is 2.12. The van der Waals surface area contributed by atoms with E-state index in [1.165, 1.54) is 10.4 Å². The highest BCUT2D eigenvalue weighted by molar-refractivity contribution is 9.10. The monoisotopic (exact) mass is 347 g/mol. The van der Waals surface area contributed by atoms with E-state index in [0.717, 1.165) is 21.8 Å². The number of thiophene rings is 1. The predicted molar refractivity (Wildman–Crippen MR) is 87.5 cm³/mol. The highest BCUT2D eigenvalue weighted by atomic mass is 79.9. The Balaban J connectivity index is 1.90. The first-order valence-corrected chi connectivity index (χ1v) is 7.97. The second-order valence-corrected chi connectivity index (χ2v) is 6.52. The van der Waals surface area contributed by atoms with E-state index in [-0.39, 0.29) is 6.04 Å². The van der Waals surface area contributed by atoms with E-state index >= 15 is 0 Å². The molecule has 102 valence electrons. The largest absolute Gasteiger partial charge is 0.271 e. The van der Waals surface area contributed by atoms with Crippen LogP contribution in [-0.4, -0.2) is 4.98 Å². The van der Waals surface area contributed by atoms with Gasteiger partial charge < -0.3 is 0 Å². The molecule has 0 saturated carbocycles. The third kappa shape index (κ3) is 2.91. The van der Waals surface area contributed by atoms with Crippen molar-refractivity contribution in [1.29, 1.82) is 0 Å². The maximum Gasteiger partial charge on any atom is 0.0702 e. The molecule has 0 amide bonds. The van der Waals surface area contributed by atoms with E-state index in [9.17, 15) is 0 Å². The van der Waals surface area contributed by atoms with Crippen LogP contribution in [0.25, 0.3) is 10.9 Å². The first kappa shape index (κ1) is 13.7. The lowest BCUT2D eigenvalue weighted by Gasteiger charge is -2.16. The number of hydrogen-bond donors (Lipinski definition) is 2. The molecule has 20 heavy (non-hydrogen) atoms. The van der Waals surface area contributed by atoms with E-state index in [1.807, 2.05) is 18.3 Å². The number of hydrogen-bond acceptors (Lipinski definition) is 4. The number of nitrogens with two attached hydrogens (primary N) is 1. The van der Waals surface area contributed by atoms with Gasteiger partial charge >= 0.3 is 0 Å². The molecule has 0 saturated heterocycles. The first-order chi connectivity index (χ1) is 9.76. The van der Waals surface area contributed by atoms with E-state index in [2.05, 4.69) is 56.0 Å². The number of benzene rings is 1. The first-order valence-electron chi connectivity index (χ1n) is 6.30. The molecule has 0 aliphatic carbocycles. The molecule has 3 aromatic rings. The minimum absolute atomic E-state index is 0.102. The molecule has 0 spiro atoms. The standard InChI is InChI=1S/C15H14BrN3S/c16-12-7-13(20-9-12)8-15(19-17)11-3-4-14-10(6-11)2-1-5-18-14/h1-7,9,15,19H,8,17H2. The molecule has 0 radical (unpaired) electrons. The van der Waals surface area contributed by atoms with Crippen LogP contribution in [0, 0.1) is 0 Å². The van der Waals surface area contributed by atoms with Crippen LogP contribution in [-0.2, 0) is 6.42 Å². The second-order valence-electron chi connectivity index (χ2n) is 4.61. The van der Waals surface area contributed by atoms with Crippen molar-refractivity contribution in [3.63, 3.8) is 0 Å². The molecule has 3 rings (SSSR count). The maximum atomic E-state index is 5.73. The summed E-state index contributed by atoms with van der Waals surface area (Å²) in [5, 5.41) is 3.23. The summed E-state index contributed by atoms with van der Waals surface area (Å²) in [5.74, 6) is 5.73. The zero-order valence-electron chi connectivity index (χ0n) is 10.7. The average Bonchev–Trinajstić information content (AvgIpc) is 2.89. The minimum atomic E-state index is 0.102. The fraction of sp³-hybridized carbons (Fsp3) is 0.133. The summed E-state index contributed by atoms with van der Waals surface area (Å²) in [6.07, 6.45) is 2.68. The van der Waals surface area contributed by atoms with Gasteiger partial charge in [0.25, 0.3) is 0 Å². The van der Waals surface area contributed by atoms with Gasteiger partial charge in [0.05, 0.1) is 11.6 Å². The number of fused-ring (bicyclic) bond motifs is 1. The number of pyridine rings is 1. The fourth-order valence-electron chi connectivity index (χ4n) is 2.25. The Labute approximate surface area is 129 Å². The van der Waals surface area contributed by atoms with E-state index in [4.69, 9.17) is 5.84 Å². The van der Waals surface area contributed by atoms with Gasteiger partial charge in [0.2, 0.25) is 0 Å². The Hall–Kier alpha value is -1.27. The summed E-state index contributed by atoms with van der Waals surface area (Å²) >= 11 is 5.22. The van der Waals surface area contributed by atoms with Crippen molar-refractivity contribution < 1.29 is 0 Å². The lowest BCUT2D eigenvalue weighted by Crippen LogP contribution is -2.29. The van der Waals surface area contributed by atoms with E-state index in [1.54, 1.807) is 11.3 Å². The van der Waals surface area contributed by atoms with Crippen molar-refractivity contribution in [3.8, 4) is 0 Å². The number of rotatable bonds is 4. The van der Waals surface area contributed by atoms with Gasteiger partial charge in [-0.2, -0.15) is 0 Å². The third-order valence-corrected chi connectivity index (χ3v) is 4.98. The van der Waals surface area contributed by atoms with Crippen LogP contribution >= 0.6 is 27.3 Å². The van der Waals surface area contributed by atoms with Gasteiger partial charge in [-0.15, -0.1) is 11.3 Å². The molecule has 1 aromatic carbocycles. The van der Waals surface area contributed by atoms with Crippen LogP contribution in [0.1, 0.15) is 16.5 Å². The fourth-order valence-corrected chi connectivity index (χ4v) is 3.74. The molecule has 5 heteroatoms. The average molecular weight is 348 g/mol. The van der Waals surface area contributed by atoms with Gasteiger partial charge in [-0.1, -0.05) is 12.1 Å². The summed E-state index contributed by atoms with van der Waals surface area (Å²) in [4.78, 5) is 5.64. The van der Waals surface area contributed by atoms with Crippen molar-refractivity contribution in [1.82, 2.24) is 10.4 Å². The van der Waals surface area contributed by atoms with E-state index in [0.29, 0.717) is 0 Å². The number of nitrogens with one attached hydrogen (secondary N) is 1. The highest BCUT2D eigenvalue weighted by Crippen LogP contribution is 2.26. The summed E-state index contributed by atoms with van der Waals surface area (Å²) < 4.78 is 1.12. The van der Waals surface area contributed by atoms with Crippen LogP contribution in [0.2, 0.25) is 0 Å². The van der Waals surface area contributed by atoms with Gasteiger partial charge in [-0.3, -0.25) is 16.3 Å². The summed E-state index contributed by atoms with van der Waals surface area (Å²) in [5.41, 5.74) is 5.10. The molecule has 2 heterocycles. The molecule has 0 aliphatic heterocycles. The number of halogens is 1. The van der Waals surface area contributed by atoms with Crippen molar-refractivity contribution in [2.45, 2.75) is 12.5 Å². The lowest BCUT2D eigenvalue weighted by molar-refractivity contribution is 0.556. The van der Waals surface area contributed by atoms with Crippen LogP contribution in [0.4, 0.5) is 0 Å². The van der Waals surface area contributed by atoms with Gasteiger partial charge in [-0.05, 0) is 45.8 Å². The van der Waals surface area contributed by atoms with Crippen molar-refractivity contribution in [3.05, 3.63) is 62.9 Å². The summed E-state index contributed by atoms with van der Waals surface area (Å²) in [6.45, 7) is 0. The molecule has 3 N–H and O–H groups in total. The van der Waals surface area contributed by atoms with Crippen LogP contribution < -0.4 is 11.3 Å². The molecule has 0 fully saturated rings. The number of hydrazine groups is 1. The Morgan fingerprint density at radius 1 is 1.30 bits per heavy atom. The molecule has 0 aliphatic rings. The number of aromatic nitrogens is 1. The quantitative estimate of drug-likeness (QED) is 0.557. The lowest BCUT2D eigenvalue weighted by atomic mass is 10.0. The van der Waals surface area contributed by atoms with Crippen LogP contribution in [0.15, 0.2) is 52.4 Å². The van der Waals surface area contributed by atoms with Crippen molar-refractivity contribution in [2.24, 2.45) is 5.84 Å². The molecule has 1 unspecified atom stereocenters. The Bertz CT molecular complexity index is 726. The second kappa shape index (κ2) is 6.01. The molecule has 3 nitrogen and oxygen atoms in total. The maximum absolute atomic E-state index is 5.73. The topological polar surface area (TPSA) is 50.9 Å². The molecule has 2 aromatic heterocycles. The Kier molecular flexibility index (Phi) is 4.12. The Morgan fingerprint density at radius 2 is 2.20 bits per heavy atom. The van der Waals surface area contributed by atoms with Gasteiger partial charge in [0, 0.05) is 32.7 Å². The summed E-state index contributed by atoms with van der Waals surface area (Å²) in [7, 11) is 0. The SMILES string of the molecule is NNC(Cc1cc(Br)cs1)c1ccc2ncccc2c1. The van der Waals surface area contributed by atoms with Gasteiger partial charge in [0.1, 0.15) is 0 Å². The Morgan fingerprint density at radius 3 is 2.95 bits per heavy atom. The minimum Gasteiger partial charge on any atom is -0.271 e. The molecule has 0 bridgehead atoms. The van der Waals surface area contributed by atoms with Crippen LogP contribution in [0.5, 0.6) is 0 Å². The normalized spacial score (nSPS) is 12.7. The van der Waals surface area contributed by atoms with Crippen molar-refractivity contribution >= 4 is 38.2 Å².